The third kappa shape index (κ3) is 2.96. The number of rotatable bonds is 1. The van der Waals surface area contributed by atoms with E-state index in [2.05, 4.69) is 24.9 Å². The number of hydrogen-bond donors (Lipinski definition) is 0. The second-order valence-electron chi connectivity index (χ2n) is 6.70. The van der Waals surface area contributed by atoms with Gasteiger partial charge in [0.05, 0.1) is 16.8 Å². The molecule has 1 aliphatic heterocycles. The smallest absolute Gasteiger partial charge is 0.177 e. The molecule has 4 rings (SSSR count). The van der Waals surface area contributed by atoms with Crippen LogP contribution in [-0.4, -0.2) is 25.6 Å². The van der Waals surface area contributed by atoms with Crippen LogP contribution in [0, 0.1) is 68.0 Å². The molecule has 1 aliphatic rings. The highest BCUT2D eigenvalue weighted by Crippen LogP contribution is 2.40. The molecule has 0 amide bonds. The maximum Gasteiger partial charge on any atom is 0.177 e. The van der Waals surface area contributed by atoms with Crippen LogP contribution in [0.5, 0.6) is 0 Å². The zero-order chi connectivity index (χ0) is 23.7. The third-order valence-electron chi connectivity index (χ3n) is 5.08. The van der Waals surface area contributed by atoms with E-state index in [0.29, 0.717) is 17.6 Å². The number of benzene rings is 1. The summed E-state index contributed by atoms with van der Waals surface area (Å²) < 4.78 is 0. The summed E-state index contributed by atoms with van der Waals surface area (Å²) >= 11 is 0. The Morgan fingerprint density at radius 2 is 1.12 bits per heavy atom. The lowest BCUT2D eigenvalue weighted by atomic mass is 9.95. The molecule has 3 aromatic rings. The number of aromatic nitrogens is 4. The third-order valence-corrected chi connectivity index (χ3v) is 5.08. The summed E-state index contributed by atoms with van der Waals surface area (Å²) in [6.07, 6.45) is 0.574. The van der Waals surface area contributed by atoms with Crippen molar-refractivity contribution < 1.29 is 0 Å². The van der Waals surface area contributed by atoms with Gasteiger partial charge in [0.15, 0.2) is 28.5 Å². The van der Waals surface area contributed by atoms with Crippen molar-refractivity contribution in [2.24, 2.45) is 4.99 Å². The number of allylic oxidation sites excluding steroid dienone is 2. The van der Waals surface area contributed by atoms with Crippen molar-refractivity contribution in [1.82, 2.24) is 19.9 Å². The van der Waals surface area contributed by atoms with Gasteiger partial charge in [-0.15, -0.1) is 0 Å². The Kier molecular flexibility index (Phi) is 4.87. The van der Waals surface area contributed by atoms with Crippen molar-refractivity contribution in [3.63, 3.8) is 0 Å². The van der Waals surface area contributed by atoms with Gasteiger partial charge in [0, 0.05) is 5.56 Å². The molecule has 0 N–H and O–H groups in total. The molecule has 3 heterocycles. The maximum atomic E-state index is 9.67. The highest BCUT2D eigenvalue weighted by molar-refractivity contribution is 6.18. The van der Waals surface area contributed by atoms with E-state index in [1.165, 1.54) is 0 Å². The van der Waals surface area contributed by atoms with Gasteiger partial charge in [-0.2, -0.15) is 31.6 Å². The van der Waals surface area contributed by atoms with E-state index in [0.717, 1.165) is 0 Å². The Bertz CT molecular complexity index is 1730. The molecule has 0 fully saturated rings. The minimum atomic E-state index is -0.265. The van der Waals surface area contributed by atoms with Crippen LogP contribution in [0.25, 0.3) is 22.1 Å². The summed E-state index contributed by atoms with van der Waals surface area (Å²) in [5.41, 5.74) is 0.552. The highest BCUT2D eigenvalue weighted by Gasteiger charge is 2.27. The fourth-order valence-electron chi connectivity index (χ4n) is 3.58. The van der Waals surface area contributed by atoms with Crippen molar-refractivity contribution in [1.29, 1.82) is 31.6 Å². The Labute approximate surface area is 186 Å². The second-order valence-corrected chi connectivity index (χ2v) is 6.70. The van der Waals surface area contributed by atoms with E-state index >= 15 is 0 Å². The van der Waals surface area contributed by atoms with Crippen LogP contribution in [0.4, 0.5) is 5.69 Å². The van der Waals surface area contributed by atoms with E-state index in [9.17, 15) is 31.6 Å². The van der Waals surface area contributed by atoms with Crippen LogP contribution >= 0.6 is 0 Å². The summed E-state index contributed by atoms with van der Waals surface area (Å²) in [4.78, 5) is 21.4. The Morgan fingerprint density at radius 3 is 1.58 bits per heavy atom. The van der Waals surface area contributed by atoms with Gasteiger partial charge in [0.2, 0.25) is 0 Å². The first-order chi connectivity index (χ1) is 16.0. The van der Waals surface area contributed by atoms with Crippen LogP contribution in [0.1, 0.15) is 41.7 Å². The number of nitrogens with zero attached hydrogens (tertiary/aromatic N) is 11. The molecule has 1 aromatic carbocycles. The number of nitriles is 6. The molecule has 150 valence electrons. The summed E-state index contributed by atoms with van der Waals surface area (Å²) in [6.45, 7) is 1.82. The minimum Gasteiger partial charge on any atom is -0.234 e. The van der Waals surface area contributed by atoms with Crippen LogP contribution in [0.2, 0.25) is 0 Å². The van der Waals surface area contributed by atoms with E-state index in [1.807, 2.05) is 37.3 Å². The lowest BCUT2D eigenvalue weighted by Crippen LogP contribution is -2.05. The van der Waals surface area contributed by atoms with Crippen LogP contribution in [0.3, 0.4) is 0 Å². The average Bonchev–Trinajstić information content (AvgIpc) is 3.03. The van der Waals surface area contributed by atoms with Crippen LogP contribution in [-0.2, 0) is 6.42 Å². The van der Waals surface area contributed by atoms with Crippen molar-refractivity contribution >= 4 is 33.5 Å². The minimum absolute atomic E-state index is 0.0345. The predicted octanol–water partition coefficient (Wildman–Crippen LogP) is 2.44. The first-order valence-corrected chi connectivity index (χ1v) is 9.35. The molecular weight excluding hydrogens is 418 g/mol. The normalized spacial score (nSPS) is 12.3. The Hall–Kier alpha value is -5.75. The maximum absolute atomic E-state index is 9.67. The van der Waals surface area contributed by atoms with Gasteiger partial charge in [-0.1, -0.05) is 6.92 Å². The van der Waals surface area contributed by atoms with Gasteiger partial charge in [-0.05, 0) is 18.4 Å². The number of aliphatic imine (C=N–C) groups is 1. The summed E-state index contributed by atoms with van der Waals surface area (Å²) in [7, 11) is 0. The quantitative estimate of drug-likeness (QED) is 0.520. The molecular formula is C22H7N11. The highest BCUT2D eigenvalue weighted by atomic mass is 14.9. The predicted molar refractivity (Wildman–Crippen MR) is 111 cm³/mol. The molecule has 0 saturated heterocycles. The fourth-order valence-corrected chi connectivity index (χ4v) is 3.58. The molecule has 33 heavy (non-hydrogen) atoms. The molecule has 11 heteroatoms. The second kappa shape index (κ2) is 7.82. The SMILES string of the molecule is CCC1=C(C#N)C(C#N)=Nc2c(c3nc(C#N)c(C#N)nc3c3nc(C#N)c(C#N)nc23)C1. The van der Waals surface area contributed by atoms with E-state index in [-0.39, 0.29) is 68.2 Å². The van der Waals surface area contributed by atoms with Crippen LogP contribution < -0.4 is 0 Å². The topological polar surface area (TPSA) is 207 Å². The molecule has 2 aromatic heterocycles. The Morgan fingerprint density at radius 1 is 0.636 bits per heavy atom. The zero-order valence-corrected chi connectivity index (χ0v) is 16.8. The largest absolute Gasteiger partial charge is 0.234 e. The van der Waals surface area contributed by atoms with Crippen LogP contribution in [0.15, 0.2) is 16.1 Å². The lowest BCUT2D eigenvalue weighted by molar-refractivity contribution is 1.00. The van der Waals surface area contributed by atoms with Crippen molar-refractivity contribution in [2.45, 2.75) is 19.8 Å². The lowest BCUT2D eigenvalue weighted by Gasteiger charge is -2.13. The van der Waals surface area contributed by atoms with Crippen molar-refractivity contribution in [3.8, 4) is 36.4 Å². The van der Waals surface area contributed by atoms with Crippen molar-refractivity contribution in [2.75, 3.05) is 0 Å². The standard InChI is InChI=1S/C22H7N11/c1-2-10-3-11-18(29-13(5-24)12(10)4-23)20-22(33-17(9-28)16(8-27)32-20)21-19(11)30-14(6-25)15(7-26)31-21/h2-3H2,1H3. The fraction of sp³-hybridized carbons (Fsp3) is 0.136. The van der Waals surface area contributed by atoms with Crippen molar-refractivity contribution in [3.05, 3.63) is 39.5 Å². The van der Waals surface area contributed by atoms with E-state index < -0.39 is 0 Å². The summed E-state index contributed by atoms with van der Waals surface area (Å²) in [5.74, 6) is 0. The summed E-state index contributed by atoms with van der Waals surface area (Å²) in [5, 5.41) is 57.1. The van der Waals surface area contributed by atoms with Gasteiger partial charge < -0.3 is 0 Å². The number of hydrogen-bond acceptors (Lipinski definition) is 11. The monoisotopic (exact) mass is 425 g/mol. The molecule has 0 aliphatic carbocycles. The molecule has 0 atom stereocenters. The van der Waals surface area contributed by atoms with Gasteiger partial charge >= 0.3 is 0 Å². The first-order valence-electron chi connectivity index (χ1n) is 9.35. The molecule has 0 radical (unpaired) electrons. The first kappa shape index (κ1) is 20.5. The van der Waals surface area contributed by atoms with Gasteiger partial charge in [0.25, 0.3) is 0 Å². The van der Waals surface area contributed by atoms with Gasteiger partial charge in [-0.3, -0.25) is 0 Å². The molecule has 0 unspecified atom stereocenters. The van der Waals surface area contributed by atoms with Gasteiger partial charge in [-0.25, -0.2) is 24.9 Å². The number of fused-ring (bicyclic) bond motifs is 6. The zero-order valence-electron chi connectivity index (χ0n) is 16.8. The molecule has 0 spiro atoms. The average molecular weight is 425 g/mol. The molecule has 11 nitrogen and oxygen atoms in total. The van der Waals surface area contributed by atoms with Gasteiger partial charge in [0.1, 0.15) is 53.0 Å². The molecule has 0 saturated carbocycles. The Balaban J connectivity index is 2.34. The summed E-state index contributed by atoms with van der Waals surface area (Å²) in [6, 6.07) is 11.2. The van der Waals surface area contributed by atoms with E-state index in [4.69, 9.17) is 0 Å². The van der Waals surface area contributed by atoms with E-state index in [1.54, 1.807) is 6.07 Å². The molecule has 0 bridgehead atoms.